The number of benzene rings is 2. The van der Waals surface area contributed by atoms with Crippen LogP contribution < -0.4 is 10.1 Å². The molecule has 0 aliphatic carbocycles. The van der Waals surface area contributed by atoms with E-state index >= 15 is 0 Å². The molecule has 0 saturated carbocycles. The van der Waals surface area contributed by atoms with Gasteiger partial charge in [-0.3, -0.25) is 4.79 Å². The number of ether oxygens (including phenoxy) is 1. The molecule has 2 aromatic carbocycles. The summed E-state index contributed by atoms with van der Waals surface area (Å²) in [4.78, 5) is 12.0. The third-order valence-corrected chi connectivity index (χ3v) is 4.49. The molecule has 26 heavy (non-hydrogen) atoms. The molecule has 0 radical (unpaired) electrons. The third-order valence-electron chi connectivity index (χ3n) is 3.67. The Kier molecular flexibility index (Phi) is 5.91. The summed E-state index contributed by atoms with van der Waals surface area (Å²) in [7, 11) is 1.61. The highest BCUT2D eigenvalue weighted by Crippen LogP contribution is 2.23. The van der Waals surface area contributed by atoms with Crippen molar-refractivity contribution in [3.8, 4) is 17.2 Å². The van der Waals surface area contributed by atoms with E-state index in [0.717, 1.165) is 22.4 Å². The second kappa shape index (κ2) is 8.53. The number of nitrogens with zero attached hydrogens (tertiary/aromatic N) is 2. The molecule has 0 aliphatic rings. The molecule has 134 valence electrons. The maximum atomic E-state index is 12.0. The fraction of sp³-hybridized carbons (Fsp3) is 0.211. The third kappa shape index (κ3) is 4.64. The van der Waals surface area contributed by atoms with Crippen molar-refractivity contribution in [2.24, 2.45) is 0 Å². The predicted molar refractivity (Wildman–Crippen MR) is 100 cm³/mol. The zero-order valence-corrected chi connectivity index (χ0v) is 15.4. The van der Waals surface area contributed by atoms with Gasteiger partial charge in [-0.1, -0.05) is 47.7 Å². The van der Waals surface area contributed by atoms with Crippen molar-refractivity contribution in [3.63, 3.8) is 0 Å². The van der Waals surface area contributed by atoms with E-state index in [1.54, 1.807) is 7.11 Å². The van der Waals surface area contributed by atoms with Gasteiger partial charge in [0.1, 0.15) is 5.75 Å². The molecule has 1 N–H and O–H groups in total. The highest BCUT2D eigenvalue weighted by Gasteiger charge is 2.12. The molecule has 0 saturated heterocycles. The molecule has 0 fully saturated rings. The molecule has 3 rings (SSSR count). The molecular weight excluding hydrogens is 350 g/mol. The molecule has 0 spiro atoms. The van der Waals surface area contributed by atoms with Crippen molar-refractivity contribution in [2.75, 3.05) is 12.9 Å². The van der Waals surface area contributed by atoms with Crippen LogP contribution in [0.4, 0.5) is 0 Å². The number of carbonyl (C=O) groups is 1. The number of para-hydroxylation sites is 1. The van der Waals surface area contributed by atoms with Crippen LogP contribution in [0.1, 0.15) is 11.1 Å². The van der Waals surface area contributed by atoms with Gasteiger partial charge >= 0.3 is 0 Å². The van der Waals surface area contributed by atoms with Crippen molar-refractivity contribution in [3.05, 3.63) is 59.7 Å². The standard InChI is InChI=1S/C19H19N3O3S/c1-13-6-5-8-14(10-13)18-21-22-19(25-18)26-12-17(23)20-11-15-7-3-4-9-16(15)24-2/h3-10H,11-12H2,1-2H3,(H,20,23). The van der Waals surface area contributed by atoms with Crippen LogP contribution in [-0.4, -0.2) is 29.0 Å². The van der Waals surface area contributed by atoms with E-state index in [0.29, 0.717) is 17.7 Å². The second-order valence-corrected chi connectivity index (χ2v) is 6.55. The summed E-state index contributed by atoms with van der Waals surface area (Å²) in [6.07, 6.45) is 0. The second-order valence-electron chi connectivity index (χ2n) is 5.62. The van der Waals surface area contributed by atoms with E-state index in [1.165, 1.54) is 11.8 Å². The van der Waals surface area contributed by atoms with Gasteiger partial charge in [0.25, 0.3) is 5.22 Å². The van der Waals surface area contributed by atoms with Gasteiger partial charge in [-0.15, -0.1) is 10.2 Å². The molecule has 7 heteroatoms. The van der Waals surface area contributed by atoms with Crippen LogP contribution in [0.2, 0.25) is 0 Å². The number of aryl methyl sites for hydroxylation is 1. The van der Waals surface area contributed by atoms with Gasteiger partial charge in [-0.05, 0) is 25.1 Å². The summed E-state index contributed by atoms with van der Waals surface area (Å²) in [5.41, 5.74) is 2.91. The Morgan fingerprint density at radius 3 is 2.85 bits per heavy atom. The number of amides is 1. The molecule has 1 amide bonds. The van der Waals surface area contributed by atoms with Gasteiger partial charge in [0.15, 0.2) is 0 Å². The minimum absolute atomic E-state index is 0.115. The zero-order chi connectivity index (χ0) is 18.4. The summed E-state index contributed by atoms with van der Waals surface area (Å²) >= 11 is 1.21. The number of methoxy groups -OCH3 is 1. The summed E-state index contributed by atoms with van der Waals surface area (Å²) < 4.78 is 10.9. The first-order valence-electron chi connectivity index (χ1n) is 8.07. The van der Waals surface area contributed by atoms with E-state index < -0.39 is 0 Å². The quantitative estimate of drug-likeness (QED) is 0.643. The van der Waals surface area contributed by atoms with Crippen molar-refractivity contribution in [1.29, 1.82) is 0 Å². The lowest BCUT2D eigenvalue weighted by molar-refractivity contribution is -0.118. The van der Waals surface area contributed by atoms with E-state index in [4.69, 9.17) is 9.15 Å². The Morgan fingerprint density at radius 2 is 2.04 bits per heavy atom. The topological polar surface area (TPSA) is 77.2 Å². The molecule has 0 unspecified atom stereocenters. The van der Waals surface area contributed by atoms with E-state index in [2.05, 4.69) is 15.5 Å². The number of nitrogens with one attached hydrogen (secondary N) is 1. The van der Waals surface area contributed by atoms with E-state index in [9.17, 15) is 4.79 Å². The Bertz CT molecular complexity index is 895. The first-order chi connectivity index (χ1) is 12.7. The summed E-state index contributed by atoms with van der Waals surface area (Å²) in [5, 5.41) is 11.3. The number of rotatable bonds is 7. The number of hydrogen-bond donors (Lipinski definition) is 1. The van der Waals surface area contributed by atoms with Crippen LogP contribution in [0.3, 0.4) is 0 Å². The first-order valence-corrected chi connectivity index (χ1v) is 9.06. The molecule has 1 aromatic heterocycles. The number of carbonyl (C=O) groups excluding carboxylic acids is 1. The average molecular weight is 369 g/mol. The lowest BCUT2D eigenvalue weighted by Gasteiger charge is -2.08. The molecule has 6 nitrogen and oxygen atoms in total. The van der Waals surface area contributed by atoms with Gasteiger partial charge < -0.3 is 14.5 Å². The average Bonchev–Trinajstić information content (AvgIpc) is 3.14. The molecular formula is C19H19N3O3S. The predicted octanol–water partition coefficient (Wildman–Crippen LogP) is 3.46. The molecule has 0 aliphatic heterocycles. The largest absolute Gasteiger partial charge is 0.496 e. The smallest absolute Gasteiger partial charge is 0.277 e. The lowest BCUT2D eigenvalue weighted by Crippen LogP contribution is -2.24. The Hall–Kier alpha value is -2.80. The minimum Gasteiger partial charge on any atom is -0.496 e. The minimum atomic E-state index is -0.115. The van der Waals surface area contributed by atoms with Crippen LogP contribution in [0.25, 0.3) is 11.5 Å². The normalized spacial score (nSPS) is 10.5. The van der Waals surface area contributed by atoms with Gasteiger partial charge in [-0.2, -0.15) is 0 Å². The highest BCUT2D eigenvalue weighted by atomic mass is 32.2. The van der Waals surface area contributed by atoms with Crippen molar-refractivity contribution >= 4 is 17.7 Å². The summed E-state index contributed by atoms with van der Waals surface area (Å²) in [5.74, 6) is 1.28. The lowest BCUT2D eigenvalue weighted by atomic mass is 10.1. The highest BCUT2D eigenvalue weighted by molar-refractivity contribution is 7.99. The first kappa shape index (κ1) is 18.0. The van der Waals surface area contributed by atoms with Crippen LogP contribution in [0.5, 0.6) is 5.75 Å². The van der Waals surface area contributed by atoms with Crippen LogP contribution in [0, 0.1) is 6.92 Å². The fourth-order valence-corrected chi connectivity index (χ4v) is 2.98. The Labute approximate surface area is 156 Å². The van der Waals surface area contributed by atoms with E-state index in [-0.39, 0.29) is 11.7 Å². The van der Waals surface area contributed by atoms with Crippen molar-refractivity contribution < 1.29 is 13.9 Å². The van der Waals surface area contributed by atoms with Gasteiger partial charge in [0.05, 0.1) is 12.9 Å². The van der Waals surface area contributed by atoms with Crippen LogP contribution in [-0.2, 0) is 11.3 Å². The van der Waals surface area contributed by atoms with Crippen molar-refractivity contribution in [1.82, 2.24) is 15.5 Å². The molecule has 1 heterocycles. The molecule has 0 atom stereocenters. The summed E-state index contributed by atoms with van der Waals surface area (Å²) in [6.45, 7) is 2.41. The van der Waals surface area contributed by atoms with Gasteiger partial charge in [-0.25, -0.2) is 0 Å². The monoisotopic (exact) mass is 369 g/mol. The van der Waals surface area contributed by atoms with E-state index in [1.807, 2.05) is 55.5 Å². The molecule has 0 bridgehead atoms. The number of aromatic nitrogens is 2. The molecule has 3 aromatic rings. The number of thioether (sulfide) groups is 1. The van der Waals surface area contributed by atoms with Gasteiger partial charge in [0.2, 0.25) is 11.8 Å². The summed E-state index contributed by atoms with van der Waals surface area (Å²) in [6, 6.07) is 15.4. The van der Waals surface area contributed by atoms with Crippen LogP contribution >= 0.6 is 11.8 Å². The maximum Gasteiger partial charge on any atom is 0.277 e. The van der Waals surface area contributed by atoms with Gasteiger partial charge in [0, 0.05) is 17.7 Å². The SMILES string of the molecule is COc1ccccc1CNC(=O)CSc1nnc(-c2cccc(C)c2)o1. The maximum absolute atomic E-state index is 12.0. The van der Waals surface area contributed by atoms with Crippen LogP contribution in [0.15, 0.2) is 58.2 Å². The zero-order valence-electron chi connectivity index (χ0n) is 14.6. The fourth-order valence-electron chi connectivity index (χ4n) is 2.38. The Morgan fingerprint density at radius 1 is 1.19 bits per heavy atom. The Balaban J connectivity index is 1.52. The number of hydrogen-bond acceptors (Lipinski definition) is 6. The van der Waals surface area contributed by atoms with Crippen molar-refractivity contribution in [2.45, 2.75) is 18.7 Å².